The van der Waals surface area contributed by atoms with E-state index in [0.717, 1.165) is 12.0 Å². The fourth-order valence-corrected chi connectivity index (χ4v) is 3.61. The molecule has 0 spiro atoms. The van der Waals surface area contributed by atoms with Gasteiger partial charge in [-0.05, 0) is 30.2 Å². The van der Waals surface area contributed by atoms with Crippen LogP contribution >= 0.6 is 0 Å². The van der Waals surface area contributed by atoms with Gasteiger partial charge in [0.05, 0.1) is 5.92 Å². The normalized spacial score (nSPS) is 17.7. The second-order valence-corrected chi connectivity index (χ2v) is 7.37. The molecule has 0 bridgehead atoms. The third-order valence-electron chi connectivity index (χ3n) is 5.27. The van der Waals surface area contributed by atoms with Gasteiger partial charge in [0.25, 0.3) is 0 Å². The first-order valence-electron chi connectivity index (χ1n) is 10.0. The Kier molecular flexibility index (Phi) is 5.97. The highest BCUT2D eigenvalue weighted by atomic mass is 16.6. The van der Waals surface area contributed by atoms with Crippen LogP contribution in [-0.2, 0) is 20.7 Å². The average Bonchev–Trinajstić information content (AvgIpc) is 3.16. The first kappa shape index (κ1) is 19.9. The number of carbonyl (C=O) groups is 3. The van der Waals surface area contributed by atoms with E-state index < -0.39 is 11.9 Å². The summed E-state index contributed by atoms with van der Waals surface area (Å²) in [5, 5.41) is 0. The zero-order valence-electron chi connectivity index (χ0n) is 16.5. The SMILES string of the molecule is O=C(COC(=O)[C@@H]1CC(=O)N(CCc2ccccc2)C1)c1ccc2c(c1)OCCO2. The van der Waals surface area contributed by atoms with Crippen molar-refractivity contribution in [3.8, 4) is 11.5 Å². The molecule has 2 aromatic carbocycles. The van der Waals surface area contributed by atoms with Crippen LogP contribution < -0.4 is 9.47 Å². The number of esters is 1. The number of ketones is 1. The van der Waals surface area contributed by atoms with Crippen LogP contribution in [0.2, 0.25) is 0 Å². The molecule has 1 amide bonds. The molecule has 2 heterocycles. The first-order chi connectivity index (χ1) is 14.6. The lowest BCUT2D eigenvalue weighted by molar-refractivity contribution is -0.147. The molecule has 0 aliphatic carbocycles. The van der Waals surface area contributed by atoms with Gasteiger partial charge in [0.1, 0.15) is 13.2 Å². The van der Waals surface area contributed by atoms with Crippen LogP contribution in [0.25, 0.3) is 0 Å². The predicted octanol–water partition coefficient (Wildman–Crippen LogP) is 2.27. The van der Waals surface area contributed by atoms with Gasteiger partial charge in [-0.1, -0.05) is 30.3 Å². The van der Waals surface area contributed by atoms with E-state index in [2.05, 4.69) is 0 Å². The summed E-state index contributed by atoms with van der Waals surface area (Å²) in [6.07, 6.45) is 0.850. The maximum absolute atomic E-state index is 12.4. The van der Waals surface area contributed by atoms with E-state index in [1.807, 2.05) is 30.3 Å². The molecule has 7 heteroatoms. The van der Waals surface area contributed by atoms with Crippen molar-refractivity contribution in [3.63, 3.8) is 0 Å². The fourth-order valence-electron chi connectivity index (χ4n) is 3.61. The highest BCUT2D eigenvalue weighted by Crippen LogP contribution is 2.31. The molecule has 0 unspecified atom stereocenters. The fraction of sp³-hybridized carbons (Fsp3) is 0.348. The number of hydrogen-bond donors (Lipinski definition) is 0. The summed E-state index contributed by atoms with van der Waals surface area (Å²) in [5.74, 6) is -0.349. The van der Waals surface area contributed by atoms with Gasteiger partial charge < -0.3 is 19.1 Å². The number of nitrogens with zero attached hydrogens (tertiary/aromatic N) is 1. The molecule has 4 rings (SSSR count). The van der Waals surface area contributed by atoms with Gasteiger partial charge in [0.2, 0.25) is 5.91 Å². The maximum Gasteiger partial charge on any atom is 0.311 e. The Labute approximate surface area is 174 Å². The molecule has 0 aromatic heterocycles. The van der Waals surface area contributed by atoms with Crippen LogP contribution in [-0.4, -0.2) is 55.5 Å². The van der Waals surface area contributed by atoms with Crippen LogP contribution in [0.15, 0.2) is 48.5 Å². The molecule has 1 saturated heterocycles. The number of amides is 1. The van der Waals surface area contributed by atoms with Gasteiger partial charge in [-0.25, -0.2) is 0 Å². The summed E-state index contributed by atoms with van der Waals surface area (Å²) in [5.41, 5.74) is 1.53. The molecular weight excluding hydrogens is 386 g/mol. The van der Waals surface area contributed by atoms with Crippen molar-refractivity contribution in [2.24, 2.45) is 5.92 Å². The molecule has 1 fully saturated rings. The minimum Gasteiger partial charge on any atom is -0.486 e. The van der Waals surface area contributed by atoms with Gasteiger partial charge >= 0.3 is 5.97 Å². The van der Waals surface area contributed by atoms with Crippen LogP contribution in [0.3, 0.4) is 0 Å². The molecule has 7 nitrogen and oxygen atoms in total. The van der Waals surface area contributed by atoms with E-state index in [0.29, 0.717) is 43.4 Å². The smallest absolute Gasteiger partial charge is 0.311 e. The van der Waals surface area contributed by atoms with E-state index in [9.17, 15) is 14.4 Å². The summed E-state index contributed by atoms with van der Waals surface area (Å²) in [4.78, 5) is 38.7. The average molecular weight is 409 g/mol. The van der Waals surface area contributed by atoms with E-state index in [1.54, 1.807) is 23.1 Å². The zero-order valence-corrected chi connectivity index (χ0v) is 16.5. The van der Waals surface area contributed by atoms with Crippen molar-refractivity contribution in [1.29, 1.82) is 0 Å². The Balaban J connectivity index is 1.27. The Morgan fingerprint density at radius 3 is 2.60 bits per heavy atom. The first-order valence-corrected chi connectivity index (χ1v) is 10.0. The Morgan fingerprint density at radius 1 is 1.03 bits per heavy atom. The van der Waals surface area contributed by atoms with Crippen molar-refractivity contribution in [2.75, 3.05) is 32.9 Å². The van der Waals surface area contributed by atoms with Crippen LogP contribution in [0.4, 0.5) is 0 Å². The highest BCUT2D eigenvalue weighted by Gasteiger charge is 2.35. The Bertz CT molecular complexity index is 942. The minimum absolute atomic E-state index is 0.0638. The van der Waals surface area contributed by atoms with E-state index in [1.165, 1.54) is 0 Å². The van der Waals surface area contributed by atoms with Crippen LogP contribution in [0.1, 0.15) is 22.3 Å². The number of benzene rings is 2. The standard InChI is InChI=1S/C23H23NO6/c25-19(17-6-7-20-21(12-17)29-11-10-28-20)15-30-23(27)18-13-22(26)24(14-18)9-8-16-4-2-1-3-5-16/h1-7,12,18H,8-11,13-15H2/t18-/m1/s1. The van der Waals surface area contributed by atoms with Gasteiger partial charge in [-0.15, -0.1) is 0 Å². The molecular formula is C23H23NO6. The van der Waals surface area contributed by atoms with Gasteiger partial charge in [-0.3, -0.25) is 14.4 Å². The molecule has 0 saturated carbocycles. The third-order valence-corrected chi connectivity index (χ3v) is 5.27. The van der Waals surface area contributed by atoms with Crippen molar-refractivity contribution in [2.45, 2.75) is 12.8 Å². The van der Waals surface area contributed by atoms with Crippen molar-refractivity contribution >= 4 is 17.7 Å². The molecule has 30 heavy (non-hydrogen) atoms. The lowest BCUT2D eigenvalue weighted by Crippen LogP contribution is -2.29. The molecule has 156 valence electrons. The molecule has 2 aromatic rings. The summed E-state index contributed by atoms with van der Waals surface area (Å²) >= 11 is 0. The van der Waals surface area contributed by atoms with Crippen LogP contribution in [0.5, 0.6) is 11.5 Å². The summed E-state index contributed by atoms with van der Waals surface area (Å²) < 4.78 is 16.1. The largest absolute Gasteiger partial charge is 0.486 e. The van der Waals surface area contributed by atoms with E-state index in [-0.39, 0.29) is 24.7 Å². The van der Waals surface area contributed by atoms with Gasteiger partial charge in [0.15, 0.2) is 23.9 Å². The van der Waals surface area contributed by atoms with Crippen molar-refractivity contribution in [3.05, 3.63) is 59.7 Å². The molecule has 0 radical (unpaired) electrons. The number of carbonyl (C=O) groups excluding carboxylic acids is 3. The van der Waals surface area contributed by atoms with E-state index in [4.69, 9.17) is 14.2 Å². The molecule has 1 atom stereocenters. The molecule has 2 aliphatic heterocycles. The molecule has 2 aliphatic rings. The van der Waals surface area contributed by atoms with Gasteiger partial charge in [-0.2, -0.15) is 0 Å². The van der Waals surface area contributed by atoms with Crippen molar-refractivity contribution < 1.29 is 28.6 Å². The number of rotatable bonds is 7. The highest BCUT2D eigenvalue weighted by molar-refractivity contribution is 5.99. The van der Waals surface area contributed by atoms with Gasteiger partial charge in [0, 0.05) is 25.1 Å². The zero-order chi connectivity index (χ0) is 20.9. The minimum atomic E-state index is -0.540. The topological polar surface area (TPSA) is 82.1 Å². The van der Waals surface area contributed by atoms with E-state index >= 15 is 0 Å². The number of fused-ring (bicyclic) bond motifs is 1. The third kappa shape index (κ3) is 4.62. The van der Waals surface area contributed by atoms with Crippen molar-refractivity contribution in [1.82, 2.24) is 4.90 Å². The Hall–Kier alpha value is -3.35. The van der Waals surface area contributed by atoms with Crippen LogP contribution in [0, 0.1) is 5.92 Å². The summed E-state index contributed by atoms with van der Waals surface area (Å²) in [6, 6.07) is 14.8. The number of Topliss-reactive ketones (excluding diaryl/α,β-unsaturated/α-hetero) is 1. The lowest BCUT2D eigenvalue weighted by atomic mass is 10.1. The summed E-state index contributed by atoms with van der Waals surface area (Å²) in [6.45, 7) is 1.41. The Morgan fingerprint density at radius 2 is 1.80 bits per heavy atom. The number of ether oxygens (including phenoxy) is 3. The second kappa shape index (κ2) is 8.98. The monoisotopic (exact) mass is 409 g/mol. The number of hydrogen-bond acceptors (Lipinski definition) is 6. The maximum atomic E-state index is 12.4. The lowest BCUT2D eigenvalue weighted by Gasteiger charge is -2.18. The quantitative estimate of drug-likeness (QED) is 0.515. The molecule has 0 N–H and O–H groups in total. The second-order valence-electron chi connectivity index (χ2n) is 7.37. The summed E-state index contributed by atoms with van der Waals surface area (Å²) in [7, 11) is 0. The number of likely N-dealkylation sites (tertiary alicyclic amines) is 1. The predicted molar refractivity (Wildman–Crippen MR) is 108 cm³/mol.